The topological polar surface area (TPSA) is 55.4 Å². The number of fused-ring (bicyclic) bond motifs is 1. The Hall–Kier alpha value is -3.40. The van der Waals surface area contributed by atoms with Gasteiger partial charge in [0.1, 0.15) is 5.75 Å². The van der Waals surface area contributed by atoms with Crippen LogP contribution in [-0.4, -0.2) is 11.9 Å². The van der Waals surface area contributed by atoms with E-state index in [1.165, 1.54) is 13.0 Å². The Labute approximate surface area is 145 Å². The second kappa shape index (κ2) is 7.45. The number of hydrogen-bond acceptors (Lipinski definition) is 3. The quantitative estimate of drug-likeness (QED) is 0.437. The van der Waals surface area contributed by atoms with E-state index in [1.807, 2.05) is 42.5 Å². The number of carbonyl (C=O) groups is 2. The standard InChI is InChI=1S/C21H17NO3/c1-15(23)22-18-10-12-19(13-11-18)25-21(24)14-9-17-7-4-6-16-5-2-3-8-20(16)17/h2-14H,1H3,(H,22,23)/b14-9+. The lowest BCUT2D eigenvalue weighted by Gasteiger charge is -2.05. The van der Waals surface area contributed by atoms with Gasteiger partial charge in [-0.2, -0.15) is 0 Å². The van der Waals surface area contributed by atoms with E-state index in [9.17, 15) is 9.59 Å². The molecule has 0 saturated carbocycles. The lowest BCUT2D eigenvalue weighted by molar-refractivity contribution is -0.128. The fraction of sp³-hybridized carbons (Fsp3) is 0.0476. The molecular formula is C21H17NO3. The zero-order valence-corrected chi connectivity index (χ0v) is 13.7. The number of esters is 1. The molecule has 0 unspecified atom stereocenters. The van der Waals surface area contributed by atoms with Crippen molar-refractivity contribution in [2.45, 2.75) is 6.92 Å². The van der Waals surface area contributed by atoms with E-state index in [2.05, 4.69) is 5.32 Å². The highest BCUT2D eigenvalue weighted by molar-refractivity contribution is 5.95. The van der Waals surface area contributed by atoms with Crippen molar-refractivity contribution in [1.82, 2.24) is 0 Å². The summed E-state index contributed by atoms with van der Waals surface area (Å²) < 4.78 is 5.27. The Balaban J connectivity index is 1.69. The van der Waals surface area contributed by atoms with Crippen molar-refractivity contribution in [1.29, 1.82) is 0 Å². The van der Waals surface area contributed by atoms with Gasteiger partial charge in [-0.05, 0) is 46.7 Å². The number of carbonyl (C=O) groups excluding carboxylic acids is 2. The third kappa shape index (κ3) is 4.32. The van der Waals surface area contributed by atoms with Crippen molar-refractivity contribution in [3.8, 4) is 5.75 Å². The van der Waals surface area contributed by atoms with E-state index in [1.54, 1.807) is 30.3 Å². The van der Waals surface area contributed by atoms with Gasteiger partial charge in [0.25, 0.3) is 0 Å². The minimum Gasteiger partial charge on any atom is -0.423 e. The number of amides is 1. The van der Waals surface area contributed by atoms with Gasteiger partial charge in [-0.3, -0.25) is 4.79 Å². The highest BCUT2D eigenvalue weighted by Gasteiger charge is 2.03. The molecule has 0 bridgehead atoms. The van der Waals surface area contributed by atoms with E-state index in [4.69, 9.17) is 4.74 Å². The predicted octanol–water partition coefficient (Wildman–Crippen LogP) is 4.42. The molecule has 0 aromatic heterocycles. The van der Waals surface area contributed by atoms with Crippen LogP contribution in [-0.2, 0) is 9.59 Å². The van der Waals surface area contributed by atoms with Crippen molar-refractivity contribution >= 4 is 34.4 Å². The molecule has 0 aliphatic carbocycles. The molecule has 4 nitrogen and oxygen atoms in total. The van der Waals surface area contributed by atoms with Crippen molar-refractivity contribution in [2.24, 2.45) is 0 Å². The van der Waals surface area contributed by atoms with Crippen molar-refractivity contribution in [2.75, 3.05) is 5.32 Å². The smallest absolute Gasteiger partial charge is 0.336 e. The molecule has 124 valence electrons. The van der Waals surface area contributed by atoms with Crippen LogP contribution >= 0.6 is 0 Å². The maximum absolute atomic E-state index is 12.0. The van der Waals surface area contributed by atoms with Crippen LogP contribution in [0.2, 0.25) is 0 Å². The van der Waals surface area contributed by atoms with Crippen LogP contribution < -0.4 is 10.1 Å². The molecule has 0 atom stereocenters. The molecule has 0 aliphatic rings. The summed E-state index contributed by atoms with van der Waals surface area (Å²) in [6.45, 7) is 1.44. The fourth-order valence-electron chi connectivity index (χ4n) is 2.51. The van der Waals surface area contributed by atoms with E-state index in [-0.39, 0.29) is 5.91 Å². The first-order chi connectivity index (χ1) is 12.1. The Morgan fingerprint density at radius 1 is 0.920 bits per heavy atom. The second-order valence-electron chi connectivity index (χ2n) is 5.53. The molecule has 0 spiro atoms. The molecule has 0 fully saturated rings. The predicted molar refractivity (Wildman–Crippen MR) is 99.4 cm³/mol. The van der Waals surface area contributed by atoms with Crippen molar-refractivity contribution < 1.29 is 14.3 Å². The van der Waals surface area contributed by atoms with Gasteiger partial charge in [-0.1, -0.05) is 42.5 Å². The normalized spacial score (nSPS) is 10.8. The Bertz CT molecular complexity index is 938. The van der Waals surface area contributed by atoms with E-state index in [0.717, 1.165) is 16.3 Å². The summed E-state index contributed by atoms with van der Waals surface area (Å²) >= 11 is 0. The third-order valence-electron chi connectivity index (χ3n) is 3.62. The number of benzene rings is 3. The van der Waals surface area contributed by atoms with Gasteiger partial charge in [0, 0.05) is 18.7 Å². The molecule has 0 aliphatic heterocycles. The summed E-state index contributed by atoms with van der Waals surface area (Å²) in [4.78, 5) is 23.0. The van der Waals surface area contributed by atoms with Crippen LogP contribution in [0.15, 0.2) is 72.8 Å². The zero-order chi connectivity index (χ0) is 17.6. The summed E-state index contributed by atoms with van der Waals surface area (Å²) in [5.74, 6) is -0.190. The molecule has 4 heteroatoms. The van der Waals surface area contributed by atoms with Gasteiger partial charge in [0.2, 0.25) is 5.91 Å². The van der Waals surface area contributed by atoms with Crippen LogP contribution in [0.4, 0.5) is 5.69 Å². The lowest BCUT2D eigenvalue weighted by atomic mass is 10.0. The van der Waals surface area contributed by atoms with Crippen LogP contribution in [0.25, 0.3) is 16.8 Å². The molecule has 3 aromatic rings. The van der Waals surface area contributed by atoms with Crippen LogP contribution in [0.3, 0.4) is 0 Å². The summed E-state index contributed by atoms with van der Waals surface area (Å²) in [5, 5.41) is 4.85. The average molecular weight is 331 g/mol. The molecule has 1 amide bonds. The molecule has 0 saturated heterocycles. The van der Waals surface area contributed by atoms with Crippen LogP contribution in [0.5, 0.6) is 5.75 Å². The first-order valence-corrected chi connectivity index (χ1v) is 7.87. The number of nitrogens with one attached hydrogen (secondary N) is 1. The maximum Gasteiger partial charge on any atom is 0.336 e. The van der Waals surface area contributed by atoms with Gasteiger partial charge >= 0.3 is 5.97 Å². The van der Waals surface area contributed by atoms with Crippen LogP contribution in [0, 0.1) is 0 Å². The minimum atomic E-state index is -0.458. The first-order valence-electron chi connectivity index (χ1n) is 7.87. The van der Waals surface area contributed by atoms with Gasteiger partial charge < -0.3 is 10.1 Å². The van der Waals surface area contributed by atoms with E-state index in [0.29, 0.717) is 11.4 Å². The SMILES string of the molecule is CC(=O)Nc1ccc(OC(=O)/C=C/c2cccc3ccccc23)cc1. The lowest BCUT2D eigenvalue weighted by Crippen LogP contribution is -2.06. The Kier molecular flexibility index (Phi) is 4.90. The number of anilines is 1. The third-order valence-corrected chi connectivity index (χ3v) is 3.62. The average Bonchev–Trinajstić information content (AvgIpc) is 2.61. The molecule has 0 radical (unpaired) electrons. The molecular weight excluding hydrogens is 314 g/mol. The van der Waals surface area contributed by atoms with Crippen molar-refractivity contribution in [3.05, 3.63) is 78.4 Å². The largest absolute Gasteiger partial charge is 0.423 e. The summed E-state index contributed by atoms with van der Waals surface area (Å²) in [7, 11) is 0. The second-order valence-corrected chi connectivity index (χ2v) is 5.53. The first kappa shape index (κ1) is 16.5. The van der Waals surface area contributed by atoms with Gasteiger partial charge in [-0.25, -0.2) is 4.79 Å². The number of ether oxygens (including phenoxy) is 1. The Morgan fingerprint density at radius 2 is 1.64 bits per heavy atom. The molecule has 25 heavy (non-hydrogen) atoms. The highest BCUT2D eigenvalue weighted by atomic mass is 16.5. The van der Waals surface area contributed by atoms with Gasteiger partial charge in [0.05, 0.1) is 0 Å². The number of rotatable bonds is 4. The fourth-order valence-corrected chi connectivity index (χ4v) is 2.51. The summed E-state index contributed by atoms with van der Waals surface area (Å²) in [5.41, 5.74) is 1.61. The maximum atomic E-state index is 12.0. The zero-order valence-electron chi connectivity index (χ0n) is 13.7. The molecule has 1 N–H and O–H groups in total. The van der Waals surface area contributed by atoms with Crippen molar-refractivity contribution in [3.63, 3.8) is 0 Å². The number of hydrogen-bond donors (Lipinski definition) is 1. The highest BCUT2D eigenvalue weighted by Crippen LogP contribution is 2.20. The minimum absolute atomic E-state index is 0.150. The van der Waals surface area contributed by atoms with E-state index >= 15 is 0 Å². The summed E-state index contributed by atoms with van der Waals surface area (Å²) in [6.07, 6.45) is 3.15. The van der Waals surface area contributed by atoms with Gasteiger partial charge in [-0.15, -0.1) is 0 Å². The molecule has 3 rings (SSSR count). The summed E-state index contributed by atoms with van der Waals surface area (Å²) in [6, 6.07) is 20.6. The monoisotopic (exact) mass is 331 g/mol. The van der Waals surface area contributed by atoms with E-state index < -0.39 is 5.97 Å². The molecule has 0 heterocycles. The van der Waals surface area contributed by atoms with Gasteiger partial charge in [0.15, 0.2) is 0 Å². The Morgan fingerprint density at radius 3 is 2.40 bits per heavy atom. The van der Waals surface area contributed by atoms with Crippen LogP contribution in [0.1, 0.15) is 12.5 Å². The molecule has 3 aromatic carbocycles.